The lowest BCUT2D eigenvalue weighted by Crippen LogP contribution is -2.56. The van der Waals surface area contributed by atoms with Gasteiger partial charge in [-0.25, -0.2) is 8.42 Å². The van der Waals surface area contributed by atoms with Crippen LogP contribution >= 0.6 is 0 Å². The molecule has 1 heterocycles. The molecule has 12 heteroatoms. The predicted octanol–water partition coefficient (Wildman–Crippen LogP) is -0.402. The van der Waals surface area contributed by atoms with Gasteiger partial charge in [0.2, 0.25) is 22.3 Å². The second kappa shape index (κ2) is 10.4. The number of benzene rings is 2. The van der Waals surface area contributed by atoms with E-state index < -0.39 is 34.7 Å². The van der Waals surface area contributed by atoms with Gasteiger partial charge in [0.05, 0.1) is 5.75 Å². The maximum absolute atomic E-state index is 12.9. The van der Waals surface area contributed by atoms with Crippen LogP contribution in [-0.4, -0.2) is 60.9 Å². The van der Waals surface area contributed by atoms with Crippen LogP contribution in [0.2, 0.25) is 0 Å². The Balaban J connectivity index is 1.63. The average molecular weight is 487 g/mol. The standard InChI is InChI=1S/C22H26N6O5S/c1-27-12-18(26-34(32,33)14-16-5-3-2-4-6-16)21(30)28(22(27)31)13-19(29)25-11-15-7-9-17(10-8-15)20(23)24/h2-10,12,22,26,31H,11,13-14H2,1H3,(H3,23,24)(H,25,29). The summed E-state index contributed by atoms with van der Waals surface area (Å²) in [7, 11) is -2.47. The number of nitrogens with two attached hydrogens (primary N) is 1. The van der Waals surface area contributed by atoms with Gasteiger partial charge in [0, 0.05) is 25.4 Å². The smallest absolute Gasteiger partial charge is 0.276 e. The number of hydrogen-bond acceptors (Lipinski definition) is 7. The summed E-state index contributed by atoms with van der Waals surface area (Å²) >= 11 is 0. The zero-order valence-corrected chi connectivity index (χ0v) is 19.2. The Kier molecular flexibility index (Phi) is 7.54. The summed E-state index contributed by atoms with van der Waals surface area (Å²) in [6.07, 6.45) is -0.268. The number of nitrogens with one attached hydrogen (secondary N) is 3. The second-order valence-electron chi connectivity index (χ2n) is 7.72. The Hall–Kier alpha value is -3.90. The number of nitrogens with zero attached hydrogens (tertiary/aromatic N) is 2. The van der Waals surface area contributed by atoms with Crippen molar-refractivity contribution >= 4 is 27.7 Å². The van der Waals surface area contributed by atoms with E-state index in [-0.39, 0.29) is 23.8 Å². The first-order chi connectivity index (χ1) is 16.1. The predicted molar refractivity (Wildman–Crippen MR) is 125 cm³/mol. The molecule has 0 saturated carbocycles. The number of nitrogen functional groups attached to an aromatic ring is 1. The zero-order valence-electron chi connectivity index (χ0n) is 18.4. The van der Waals surface area contributed by atoms with Gasteiger partial charge in [-0.2, -0.15) is 0 Å². The lowest BCUT2D eigenvalue weighted by atomic mass is 10.1. The van der Waals surface area contributed by atoms with Gasteiger partial charge in [0.1, 0.15) is 18.1 Å². The number of rotatable bonds is 9. The number of amides is 2. The van der Waals surface area contributed by atoms with Crippen molar-refractivity contribution in [1.29, 1.82) is 5.41 Å². The van der Waals surface area contributed by atoms with Crippen LogP contribution in [0.4, 0.5) is 0 Å². The van der Waals surface area contributed by atoms with Crippen molar-refractivity contribution < 1.29 is 23.1 Å². The second-order valence-corrected chi connectivity index (χ2v) is 9.44. The Bertz CT molecular complexity index is 1200. The van der Waals surface area contributed by atoms with Crippen molar-refractivity contribution in [3.05, 3.63) is 83.2 Å². The number of amidine groups is 1. The number of hydrogen-bond donors (Lipinski definition) is 5. The largest absolute Gasteiger partial charge is 0.384 e. The molecule has 11 nitrogen and oxygen atoms in total. The van der Waals surface area contributed by atoms with Gasteiger partial charge in [0.15, 0.2) is 0 Å². The van der Waals surface area contributed by atoms with E-state index in [2.05, 4.69) is 10.0 Å². The average Bonchev–Trinajstić information content (AvgIpc) is 2.79. The van der Waals surface area contributed by atoms with Crippen LogP contribution in [-0.2, 0) is 31.9 Å². The van der Waals surface area contributed by atoms with Crippen LogP contribution in [0.1, 0.15) is 16.7 Å². The van der Waals surface area contributed by atoms with Crippen molar-refractivity contribution in [3.8, 4) is 0 Å². The summed E-state index contributed by atoms with van der Waals surface area (Å²) < 4.78 is 27.4. The summed E-state index contributed by atoms with van der Waals surface area (Å²) in [6.45, 7) is -0.342. The van der Waals surface area contributed by atoms with E-state index in [0.29, 0.717) is 11.1 Å². The summed E-state index contributed by atoms with van der Waals surface area (Å²) in [4.78, 5) is 27.4. The molecule has 1 aliphatic heterocycles. The summed E-state index contributed by atoms with van der Waals surface area (Å²) in [5.41, 5.74) is 6.97. The van der Waals surface area contributed by atoms with Crippen molar-refractivity contribution in [2.24, 2.45) is 5.73 Å². The lowest BCUT2D eigenvalue weighted by molar-refractivity contribution is -0.156. The molecular formula is C22H26N6O5S. The lowest BCUT2D eigenvalue weighted by Gasteiger charge is -2.37. The van der Waals surface area contributed by atoms with Crippen LogP contribution < -0.4 is 15.8 Å². The molecule has 0 bridgehead atoms. The van der Waals surface area contributed by atoms with E-state index in [1.54, 1.807) is 54.6 Å². The number of carbonyl (C=O) groups is 2. The molecule has 180 valence electrons. The first kappa shape index (κ1) is 24.7. The van der Waals surface area contributed by atoms with Crippen LogP contribution in [0, 0.1) is 5.41 Å². The van der Waals surface area contributed by atoms with Gasteiger partial charge >= 0.3 is 0 Å². The van der Waals surface area contributed by atoms with Crippen molar-refractivity contribution in [3.63, 3.8) is 0 Å². The Labute approximate surface area is 197 Å². The third-order valence-corrected chi connectivity index (χ3v) is 6.24. The van der Waals surface area contributed by atoms with E-state index >= 15 is 0 Å². The van der Waals surface area contributed by atoms with Crippen LogP contribution in [0.5, 0.6) is 0 Å². The van der Waals surface area contributed by atoms with Gasteiger partial charge < -0.3 is 21.1 Å². The quantitative estimate of drug-likeness (QED) is 0.237. The fourth-order valence-electron chi connectivity index (χ4n) is 3.24. The molecule has 1 atom stereocenters. The third kappa shape index (κ3) is 6.33. The SMILES string of the molecule is CN1C=C(NS(=O)(=O)Cc2ccccc2)C(=O)N(CC(=O)NCc2ccc(C(=N)N)cc2)C1O. The van der Waals surface area contributed by atoms with E-state index in [9.17, 15) is 23.1 Å². The highest BCUT2D eigenvalue weighted by atomic mass is 32.2. The highest BCUT2D eigenvalue weighted by Gasteiger charge is 2.34. The molecule has 34 heavy (non-hydrogen) atoms. The molecule has 0 aliphatic carbocycles. The van der Waals surface area contributed by atoms with Gasteiger partial charge in [-0.15, -0.1) is 0 Å². The number of aliphatic hydroxyl groups excluding tert-OH is 1. The molecule has 0 fully saturated rings. The summed E-state index contributed by atoms with van der Waals surface area (Å²) in [5.74, 6) is -1.79. The molecule has 3 rings (SSSR count). The van der Waals surface area contributed by atoms with Gasteiger partial charge in [-0.3, -0.25) is 24.6 Å². The van der Waals surface area contributed by atoms with Gasteiger partial charge in [-0.05, 0) is 11.1 Å². The highest BCUT2D eigenvalue weighted by Crippen LogP contribution is 2.16. The molecule has 0 saturated heterocycles. The minimum Gasteiger partial charge on any atom is -0.384 e. The molecule has 1 unspecified atom stereocenters. The number of carbonyl (C=O) groups excluding carboxylic acids is 2. The first-order valence-electron chi connectivity index (χ1n) is 10.2. The van der Waals surface area contributed by atoms with E-state index in [0.717, 1.165) is 10.5 Å². The maximum Gasteiger partial charge on any atom is 0.276 e. The highest BCUT2D eigenvalue weighted by molar-refractivity contribution is 7.88. The van der Waals surface area contributed by atoms with Crippen molar-refractivity contribution in [2.45, 2.75) is 18.6 Å². The van der Waals surface area contributed by atoms with Gasteiger partial charge in [0.25, 0.3) is 5.91 Å². The van der Waals surface area contributed by atoms with Crippen LogP contribution in [0.25, 0.3) is 0 Å². The summed E-state index contributed by atoms with van der Waals surface area (Å²) in [5, 5.41) is 20.4. The number of aliphatic hydroxyl groups is 1. The van der Waals surface area contributed by atoms with E-state index in [1.165, 1.54) is 18.1 Å². The molecule has 0 aromatic heterocycles. The Morgan fingerprint density at radius 2 is 1.76 bits per heavy atom. The fourth-order valence-corrected chi connectivity index (χ4v) is 4.42. The van der Waals surface area contributed by atoms with Crippen molar-refractivity contribution in [2.75, 3.05) is 13.6 Å². The van der Waals surface area contributed by atoms with E-state index in [4.69, 9.17) is 11.1 Å². The Morgan fingerprint density at radius 1 is 1.12 bits per heavy atom. The zero-order chi connectivity index (χ0) is 24.9. The minimum absolute atomic E-state index is 0.0689. The topological polar surface area (TPSA) is 169 Å². The minimum atomic E-state index is -3.91. The maximum atomic E-state index is 12.9. The van der Waals surface area contributed by atoms with Crippen molar-refractivity contribution in [1.82, 2.24) is 19.8 Å². The van der Waals surface area contributed by atoms with E-state index in [1.807, 2.05) is 0 Å². The fraction of sp³-hybridized carbons (Fsp3) is 0.227. The molecule has 1 aliphatic rings. The molecule has 2 aromatic carbocycles. The molecule has 2 aromatic rings. The normalized spacial score (nSPS) is 16.1. The Morgan fingerprint density at radius 3 is 2.38 bits per heavy atom. The monoisotopic (exact) mass is 486 g/mol. The first-order valence-corrected chi connectivity index (χ1v) is 11.9. The third-order valence-electron chi connectivity index (χ3n) is 5.00. The van der Waals surface area contributed by atoms with Crippen LogP contribution in [0.3, 0.4) is 0 Å². The van der Waals surface area contributed by atoms with Gasteiger partial charge in [-0.1, -0.05) is 54.6 Å². The molecular weight excluding hydrogens is 460 g/mol. The van der Waals surface area contributed by atoms with Crippen LogP contribution in [0.15, 0.2) is 66.5 Å². The number of sulfonamides is 1. The molecule has 0 radical (unpaired) electrons. The molecule has 6 N–H and O–H groups in total. The molecule has 2 amide bonds. The summed E-state index contributed by atoms with van der Waals surface area (Å²) in [6, 6.07) is 15.2. The molecule has 0 spiro atoms.